The highest BCUT2D eigenvalue weighted by molar-refractivity contribution is 6.34. The lowest BCUT2D eigenvalue weighted by Crippen LogP contribution is -1.97. The van der Waals surface area contributed by atoms with E-state index in [9.17, 15) is 0 Å². The maximum Gasteiger partial charge on any atom is 0.176 e. The molecule has 98 valence electrons. The molecule has 0 saturated heterocycles. The van der Waals surface area contributed by atoms with Crippen LogP contribution in [0.15, 0.2) is 59.7 Å². The smallest absolute Gasteiger partial charge is 0.176 e. The largest absolute Gasteiger partial charge is 0.259 e. The highest BCUT2D eigenvalue weighted by Crippen LogP contribution is 2.25. The maximum absolute atomic E-state index is 6.02. The zero-order valence-corrected chi connectivity index (χ0v) is 11.2. The lowest BCUT2D eigenvalue weighted by molar-refractivity contribution is 1.04. The van der Waals surface area contributed by atoms with Crippen molar-refractivity contribution < 1.29 is 0 Å². The standard InChI is InChI=1S/C15H11ClN4/c16-14-12-8-4-5-9-13(12)15(20-18-14)19-17-10-11-6-2-1-3-7-11/h1-10H,(H,19,20)/b17-10+. The van der Waals surface area contributed by atoms with Gasteiger partial charge in [0.2, 0.25) is 0 Å². The molecule has 0 aliphatic heterocycles. The van der Waals surface area contributed by atoms with Crippen LogP contribution in [0.3, 0.4) is 0 Å². The van der Waals surface area contributed by atoms with Crippen molar-refractivity contribution in [1.82, 2.24) is 10.2 Å². The van der Waals surface area contributed by atoms with Crippen LogP contribution in [0.2, 0.25) is 5.15 Å². The second-order valence-electron chi connectivity index (χ2n) is 4.17. The number of halogens is 1. The topological polar surface area (TPSA) is 50.2 Å². The molecule has 0 atom stereocenters. The van der Waals surface area contributed by atoms with Crippen LogP contribution >= 0.6 is 11.6 Å². The summed E-state index contributed by atoms with van der Waals surface area (Å²) in [5.41, 5.74) is 3.91. The van der Waals surface area contributed by atoms with Crippen molar-refractivity contribution in [3.63, 3.8) is 0 Å². The Morgan fingerprint density at radius 2 is 1.60 bits per heavy atom. The van der Waals surface area contributed by atoms with Crippen LogP contribution in [0.25, 0.3) is 10.8 Å². The number of anilines is 1. The molecule has 5 heteroatoms. The van der Waals surface area contributed by atoms with E-state index in [1.807, 2.05) is 54.6 Å². The second kappa shape index (κ2) is 5.67. The normalized spacial score (nSPS) is 11.1. The maximum atomic E-state index is 6.02. The van der Waals surface area contributed by atoms with Crippen LogP contribution in [0.1, 0.15) is 5.56 Å². The van der Waals surface area contributed by atoms with Gasteiger partial charge in [-0.2, -0.15) is 5.10 Å². The summed E-state index contributed by atoms with van der Waals surface area (Å²) in [6, 6.07) is 17.5. The Kier molecular flexibility index (Phi) is 3.56. The van der Waals surface area contributed by atoms with E-state index in [2.05, 4.69) is 20.7 Å². The molecule has 0 bridgehead atoms. The highest BCUT2D eigenvalue weighted by Gasteiger charge is 2.05. The van der Waals surface area contributed by atoms with Crippen molar-refractivity contribution in [1.29, 1.82) is 0 Å². The van der Waals surface area contributed by atoms with Crippen molar-refractivity contribution in [2.75, 3.05) is 5.43 Å². The molecule has 0 amide bonds. The molecule has 3 rings (SSSR count). The number of fused-ring (bicyclic) bond motifs is 1. The summed E-state index contributed by atoms with van der Waals surface area (Å²) in [5, 5.41) is 14.2. The predicted octanol–water partition coefficient (Wildman–Crippen LogP) is 3.73. The van der Waals surface area contributed by atoms with Gasteiger partial charge < -0.3 is 0 Å². The van der Waals surface area contributed by atoms with Crippen LogP contribution in [-0.4, -0.2) is 16.4 Å². The minimum atomic E-state index is 0.387. The second-order valence-corrected chi connectivity index (χ2v) is 4.52. The molecule has 0 aliphatic carbocycles. The van der Waals surface area contributed by atoms with Crippen molar-refractivity contribution in [3.8, 4) is 0 Å². The van der Waals surface area contributed by atoms with Crippen molar-refractivity contribution in [2.24, 2.45) is 5.10 Å². The summed E-state index contributed by atoms with van der Waals surface area (Å²) in [7, 11) is 0. The fraction of sp³-hybridized carbons (Fsp3) is 0. The van der Waals surface area contributed by atoms with Crippen LogP contribution in [0, 0.1) is 0 Å². The number of benzene rings is 2. The Hall–Kier alpha value is -2.46. The molecule has 0 spiro atoms. The molecular weight excluding hydrogens is 272 g/mol. The van der Waals surface area contributed by atoms with E-state index in [1.165, 1.54) is 0 Å². The summed E-state index contributed by atoms with van der Waals surface area (Å²) in [6.07, 6.45) is 1.73. The summed E-state index contributed by atoms with van der Waals surface area (Å²) < 4.78 is 0. The van der Waals surface area contributed by atoms with Gasteiger partial charge in [-0.05, 0) is 5.56 Å². The number of hydrogen-bond donors (Lipinski definition) is 1. The summed E-state index contributed by atoms with van der Waals surface area (Å²) in [6.45, 7) is 0. The average molecular weight is 283 g/mol. The third-order valence-corrected chi connectivity index (χ3v) is 3.11. The number of nitrogens with one attached hydrogen (secondary N) is 1. The van der Waals surface area contributed by atoms with E-state index in [0.717, 1.165) is 16.3 Å². The number of aromatic nitrogens is 2. The van der Waals surface area contributed by atoms with Gasteiger partial charge in [0.1, 0.15) is 0 Å². The number of rotatable bonds is 3. The van der Waals surface area contributed by atoms with Gasteiger partial charge in [-0.3, -0.25) is 5.43 Å². The lowest BCUT2D eigenvalue weighted by atomic mass is 10.2. The van der Waals surface area contributed by atoms with E-state index >= 15 is 0 Å². The molecule has 0 radical (unpaired) electrons. The Bertz CT molecular complexity index is 756. The molecule has 2 aromatic carbocycles. The Labute approximate surface area is 121 Å². The van der Waals surface area contributed by atoms with E-state index in [4.69, 9.17) is 11.6 Å². The number of hydrazone groups is 1. The van der Waals surface area contributed by atoms with Crippen LogP contribution in [0.4, 0.5) is 5.82 Å². The first-order chi connectivity index (χ1) is 9.84. The van der Waals surface area contributed by atoms with Gasteiger partial charge in [-0.25, -0.2) is 0 Å². The quantitative estimate of drug-likeness (QED) is 0.588. The van der Waals surface area contributed by atoms with Crippen molar-refractivity contribution in [3.05, 3.63) is 65.3 Å². The molecule has 1 N–H and O–H groups in total. The minimum absolute atomic E-state index is 0.387. The summed E-state index contributed by atoms with van der Waals surface area (Å²) >= 11 is 6.02. The first-order valence-electron chi connectivity index (χ1n) is 6.09. The molecule has 1 aromatic heterocycles. The van der Waals surface area contributed by atoms with Crippen LogP contribution in [-0.2, 0) is 0 Å². The molecule has 1 heterocycles. The van der Waals surface area contributed by atoms with Crippen molar-refractivity contribution in [2.45, 2.75) is 0 Å². The van der Waals surface area contributed by atoms with Gasteiger partial charge in [0.05, 0.1) is 6.21 Å². The van der Waals surface area contributed by atoms with E-state index in [0.29, 0.717) is 11.0 Å². The zero-order chi connectivity index (χ0) is 13.8. The number of nitrogens with zero attached hydrogens (tertiary/aromatic N) is 3. The highest BCUT2D eigenvalue weighted by atomic mass is 35.5. The minimum Gasteiger partial charge on any atom is -0.259 e. The molecule has 0 saturated carbocycles. The Balaban J connectivity index is 1.89. The summed E-state index contributed by atoms with van der Waals surface area (Å²) in [5.74, 6) is 0.581. The van der Waals surface area contributed by atoms with Crippen LogP contribution < -0.4 is 5.43 Å². The Morgan fingerprint density at radius 3 is 2.40 bits per heavy atom. The predicted molar refractivity (Wildman–Crippen MR) is 82.2 cm³/mol. The Morgan fingerprint density at radius 1 is 0.900 bits per heavy atom. The van der Waals surface area contributed by atoms with Gasteiger partial charge in [-0.15, -0.1) is 10.2 Å². The molecule has 0 unspecified atom stereocenters. The SMILES string of the molecule is Clc1nnc(N/N=C/c2ccccc2)c2ccccc12. The number of hydrogen-bond acceptors (Lipinski definition) is 4. The third kappa shape index (κ3) is 2.60. The fourth-order valence-electron chi connectivity index (χ4n) is 1.86. The third-order valence-electron chi connectivity index (χ3n) is 2.83. The first-order valence-corrected chi connectivity index (χ1v) is 6.47. The van der Waals surface area contributed by atoms with E-state index in [-0.39, 0.29) is 0 Å². The summed E-state index contributed by atoms with van der Waals surface area (Å²) in [4.78, 5) is 0. The lowest BCUT2D eigenvalue weighted by Gasteiger charge is -2.04. The molecule has 4 nitrogen and oxygen atoms in total. The van der Waals surface area contributed by atoms with Gasteiger partial charge in [0.15, 0.2) is 11.0 Å². The monoisotopic (exact) mass is 282 g/mol. The van der Waals surface area contributed by atoms with Gasteiger partial charge in [-0.1, -0.05) is 66.2 Å². The van der Waals surface area contributed by atoms with Crippen molar-refractivity contribution >= 4 is 34.4 Å². The molecule has 0 fully saturated rings. The van der Waals surface area contributed by atoms with E-state index < -0.39 is 0 Å². The van der Waals surface area contributed by atoms with Crippen LogP contribution in [0.5, 0.6) is 0 Å². The van der Waals surface area contributed by atoms with Gasteiger partial charge >= 0.3 is 0 Å². The van der Waals surface area contributed by atoms with E-state index in [1.54, 1.807) is 6.21 Å². The molecule has 20 heavy (non-hydrogen) atoms. The molecule has 3 aromatic rings. The van der Waals surface area contributed by atoms with Gasteiger partial charge in [0.25, 0.3) is 0 Å². The fourth-order valence-corrected chi connectivity index (χ4v) is 2.06. The first kappa shape index (κ1) is 12.6. The molecular formula is C15H11ClN4. The zero-order valence-electron chi connectivity index (χ0n) is 10.5. The molecule has 0 aliphatic rings. The van der Waals surface area contributed by atoms with Gasteiger partial charge in [0, 0.05) is 10.8 Å². The average Bonchev–Trinajstić information content (AvgIpc) is 2.51.